The molecule has 0 aliphatic heterocycles. The summed E-state index contributed by atoms with van der Waals surface area (Å²) in [6.45, 7) is 9.65. The van der Waals surface area contributed by atoms with Gasteiger partial charge in [0.15, 0.2) is 14.2 Å². The van der Waals surface area contributed by atoms with Crippen molar-refractivity contribution >= 4 is 19.5 Å². The minimum absolute atomic E-state index is 0.0962. The number of carbonyl (C=O) groups is 1. The van der Waals surface area contributed by atoms with Crippen molar-refractivity contribution in [1.29, 1.82) is 0 Å². The molecule has 0 aliphatic carbocycles. The topological polar surface area (TPSA) is 43.4 Å². The third-order valence-electron chi connectivity index (χ3n) is 3.59. The quantitative estimate of drug-likeness (QED) is 0.597. The molecule has 3 nitrogen and oxygen atoms in total. The van der Waals surface area contributed by atoms with Crippen molar-refractivity contribution in [2.75, 3.05) is 0 Å². The maximum atomic E-state index is 13.1. The summed E-state index contributed by atoms with van der Waals surface area (Å²) in [6, 6.07) is 9.17. The van der Waals surface area contributed by atoms with E-state index < -0.39 is 0 Å². The molecule has 0 N–H and O–H groups in total. The van der Waals surface area contributed by atoms with Crippen molar-refractivity contribution in [3.63, 3.8) is 0 Å². The van der Waals surface area contributed by atoms with Gasteiger partial charge in [0.2, 0.25) is 0 Å². The molecule has 0 heterocycles. The van der Waals surface area contributed by atoms with E-state index in [1.165, 1.54) is 0 Å². The number of ether oxygens (including phenoxy) is 1. The van der Waals surface area contributed by atoms with Crippen molar-refractivity contribution < 1.29 is 14.1 Å². The third kappa shape index (κ3) is 3.68. The Hall–Kier alpha value is -1.99. The highest BCUT2D eigenvalue weighted by atomic mass is 31.1. The first-order valence-electron chi connectivity index (χ1n) is 7.60. The largest absolute Gasteiger partial charge is 0.489 e. The van der Waals surface area contributed by atoms with Gasteiger partial charge in [-0.2, -0.15) is 0 Å². The van der Waals surface area contributed by atoms with Crippen LogP contribution in [0.1, 0.15) is 46.5 Å². The van der Waals surface area contributed by atoms with Crippen LogP contribution >= 0.6 is 8.46 Å². The van der Waals surface area contributed by atoms with Crippen LogP contribution in [-0.2, 0) is 4.57 Å². The first kappa shape index (κ1) is 17.4. The molecule has 0 bridgehead atoms. The molecular formula is C19H21O3P. The lowest BCUT2D eigenvalue weighted by Gasteiger charge is -2.17. The Balaban J connectivity index is 2.62. The predicted molar refractivity (Wildman–Crippen MR) is 93.5 cm³/mol. The van der Waals surface area contributed by atoms with Crippen molar-refractivity contribution in [1.82, 2.24) is 0 Å². The minimum Gasteiger partial charge on any atom is -0.489 e. The SMILES string of the molecule is Cc1cc(C)c(C(=O)c2cccc(P=O)c2OC(C)C)c(C)c1. The molecule has 2 aromatic carbocycles. The summed E-state index contributed by atoms with van der Waals surface area (Å²) in [5.74, 6) is 0.310. The van der Waals surface area contributed by atoms with E-state index in [4.69, 9.17) is 4.74 Å². The zero-order valence-corrected chi connectivity index (χ0v) is 15.0. The Morgan fingerprint density at radius 1 is 1.09 bits per heavy atom. The van der Waals surface area contributed by atoms with Crippen LogP contribution in [0.25, 0.3) is 0 Å². The molecule has 0 spiro atoms. The summed E-state index contributed by atoms with van der Waals surface area (Å²) in [4.78, 5) is 13.1. The van der Waals surface area contributed by atoms with Crippen LogP contribution in [0.3, 0.4) is 0 Å². The average Bonchev–Trinajstić information content (AvgIpc) is 2.45. The number of para-hydroxylation sites is 1. The number of carbonyl (C=O) groups excluding carboxylic acids is 1. The molecular weight excluding hydrogens is 307 g/mol. The molecule has 0 unspecified atom stereocenters. The molecule has 23 heavy (non-hydrogen) atoms. The molecule has 0 saturated carbocycles. The fourth-order valence-electron chi connectivity index (χ4n) is 2.81. The smallest absolute Gasteiger partial charge is 0.197 e. The van der Waals surface area contributed by atoms with Crippen LogP contribution in [0.2, 0.25) is 0 Å². The van der Waals surface area contributed by atoms with Crippen molar-refractivity contribution in [2.45, 2.75) is 40.7 Å². The van der Waals surface area contributed by atoms with E-state index in [1.807, 2.05) is 46.8 Å². The third-order valence-corrected chi connectivity index (χ3v) is 4.14. The Labute approximate surface area is 138 Å². The lowest BCUT2D eigenvalue weighted by Crippen LogP contribution is -2.17. The summed E-state index contributed by atoms with van der Waals surface area (Å²) in [7, 11) is -0.156. The zero-order chi connectivity index (χ0) is 17.1. The van der Waals surface area contributed by atoms with E-state index in [0.29, 0.717) is 22.2 Å². The second kappa shape index (κ2) is 7.06. The molecule has 0 saturated heterocycles. The Morgan fingerprint density at radius 3 is 2.22 bits per heavy atom. The molecule has 0 aliphatic rings. The van der Waals surface area contributed by atoms with E-state index in [1.54, 1.807) is 18.2 Å². The summed E-state index contributed by atoms with van der Waals surface area (Å²) < 4.78 is 17.2. The molecule has 0 atom stereocenters. The summed E-state index contributed by atoms with van der Waals surface area (Å²) in [5, 5.41) is 0.493. The average molecular weight is 328 g/mol. The van der Waals surface area contributed by atoms with Gasteiger partial charge in [0.25, 0.3) is 0 Å². The van der Waals surface area contributed by atoms with Gasteiger partial charge in [-0.3, -0.25) is 9.36 Å². The standard InChI is InChI=1S/C19H21O3P/c1-11(2)22-19-15(7-6-8-16(19)23-21)18(20)17-13(4)9-12(3)10-14(17)5/h6-11H,1-5H3. The van der Waals surface area contributed by atoms with E-state index in [0.717, 1.165) is 16.7 Å². The van der Waals surface area contributed by atoms with Gasteiger partial charge in [-0.15, -0.1) is 0 Å². The van der Waals surface area contributed by atoms with Crippen LogP contribution in [0.4, 0.5) is 0 Å². The number of benzene rings is 2. The molecule has 0 amide bonds. The molecule has 0 aromatic heterocycles. The monoisotopic (exact) mass is 328 g/mol. The Bertz CT molecular complexity index is 740. The summed E-state index contributed by atoms with van der Waals surface area (Å²) in [5.41, 5.74) is 4.14. The molecule has 2 rings (SSSR count). The number of rotatable bonds is 5. The first-order valence-corrected chi connectivity index (χ1v) is 8.42. The van der Waals surface area contributed by atoms with Crippen LogP contribution in [0.15, 0.2) is 30.3 Å². The zero-order valence-electron chi connectivity index (χ0n) is 14.1. The van der Waals surface area contributed by atoms with Crippen LogP contribution < -0.4 is 10.0 Å². The highest BCUT2D eigenvalue weighted by Crippen LogP contribution is 2.27. The van der Waals surface area contributed by atoms with Crippen molar-refractivity contribution in [3.8, 4) is 5.75 Å². The maximum absolute atomic E-state index is 13.1. The van der Waals surface area contributed by atoms with E-state index in [9.17, 15) is 9.36 Å². The van der Waals surface area contributed by atoms with Crippen LogP contribution in [-0.4, -0.2) is 11.9 Å². The fraction of sp³-hybridized carbons (Fsp3) is 0.316. The van der Waals surface area contributed by atoms with Crippen molar-refractivity contribution in [3.05, 3.63) is 58.1 Å². The van der Waals surface area contributed by atoms with Gasteiger partial charge in [0, 0.05) is 5.56 Å². The van der Waals surface area contributed by atoms with Gasteiger partial charge in [0.1, 0.15) is 5.75 Å². The van der Waals surface area contributed by atoms with E-state index in [2.05, 4.69) is 0 Å². The second-order valence-corrected chi connectivity index (χ2v) is 6.68. The van der Waals surface area contributed by atoms with Crippen LogP contribution in [0, 0.1) is 20.8 Å². The summed E-state index contributed by atoms with van der Waals surface area (Å²) >= 11 is 0. The fourth-order valence-corrected chi connectivity index (χ4v) is 3.21. The number of aryl methyl sites for hydroxylation is 3. The summed E-state index contributed by atoms with van der Waals surface area (Å²) in [6.07, 6.45) is -0.107. The van der Waals surface area contributed by atoms with Crippen molar-refractivity contribution in [2.24, 2.45) is 0 Å². The second-order valence-electron chi connectivity index (χ2n) is 6.01. The Kier molecular flexibility index (Phi) is 5.33. The molecule has 0 radical (unpaired) electrons. The van der Waals surface area contributed by atoms with E-state index >= 15 is 0 Å². The number of hydrogen-bond acceptors (Lipinski definition) is 3. The highest BCUT2D eigenvalue weighted by Gasteiger charge is 2.22. The van der Waals surface area contributed by atoms with Gasteiger partial charge < -0.3 is 4.74 Å². The minimum atomic E-state index is -0.156. The van der Waals surface area contributed by atoms with Gasteiger partial charge >= 0.3 is 0 Å². The first-order chi connectivity index (χ1) is 10.8. The lowest BCUT2D eigenvalue weighted by molar-refractivity contribution is 0.103. The molecule has 120 valence electrons. The normalized spacial score (nSPS) is 11.0. The molecule has 2 aromatic rings. The molecule has 0 fully saturated rings. The van der Waals surface area contributed by atoms with Gasteiger partial charge in [0.05, 0.1) is 17.0 Å². The van der Waals surface area contributed by atoms with Gasteiger partial charge in [-0.05, 0) is 57.9 Å². The number of hydrogen-bond donors (Lipinski definition) is 0. The highest BCUT2D eigenvalue weighted by molar-refractivity contribution is 7.34. The number of ketones is 1. The van der Waals surface area contributed by atoms with Crippen LogP contribution in [0.5, 0.6) is 5.75 Å². The molecule has 4 heteroatoms. The van der Waals surface area contributed by atoms with E-state index in [-0.39, 0.29) is 20.3 Å². The van der Waals surface area contributed by atoms with Gasteiger partial charge in [-0.1, -0.05) is 23.8 Å². The van der Waals surface area contributed by atoms with Gasteiger partial charge in [-0.25, -0.2) is 0 Å². The Morgan fingerprint density at radius 2 is 1.70 bits per heavy atom. The predicted octanol–water partition coefficient (Wildman–Crippen LogP) is 4.55. The maximum Gasteiger partial charge on any atom is 0.197 e. The lowest BCUT2D eigenvalue weighted by atomic mass is 9.93.